The van der Waals surface area contributed by atoms with Crippen molar-refractivity contribution < 1.29 is 4.74 Å². The zero-order chi connectivity index (χ0) is 12.5. The molecule has 0 bridgehead atoms. The zero-order valence-electron chi connectivity index (χ0n) is 11.1. The van der Waals surface area contributed by atoms with Gasteiger partial charge >= 0.3 is 0 Å². The Hall–Kier alpha value is -0.910. The van der Waals surface area contributed by atoms with Crippen molar-refractivity contribution in [2.24, 2.45) is 7.05 Å². The monoisotopic (exact) mass is 240 g/mol. The molecule has 1 heterocycles. The molecule has 0 atom stereocenters. The van der Waals surface area contributed by atoms with E-state index < -0.39 is 0 Å². The van der Waals surface area contributed by atoms with Crippen molar-refractivity contribution in [1.82, 2.24) is 19.8 Å². The molecular formula is C12H24N4O. The molecule has 5 nitrogen and oxygen atoms in total. The lowest BCUT2D eigenvalue weighted by atomic mass is 10.4. The van der Waals surface area contributed by atoms with Gasteiger partial charge in [-0.15, -0.1) is 0 Å². The second-order valence-corrected chi connectivity index (χ2v) is 4.14. The first kappa shape index (κ1) is 14.2. The van der Waals surface area contributed by atoms with E-state index in [9.17, 15) is 0 Å². The molecule has 1 N–H and O–H groups in total. The van der Waals surface area contributed by atoms with Gasteiger partial charge in [0.1, 0.15) is 5.82 Å². The highest BCUT2D eigenvalue weighted by atomic mass is 16.5. The van der Waals surface area contributed by atoms with E-state index in [4.69, 9.17) is 4.74 Å². The number of nitrogens with one attached hydrogen (secondary N) is 1. The molecule has 0 saturated heterocycles. The van der Waals surface area contributed by atoms with Crippen LogP contribution in [0.1, 0.15) is 12.7 Å². The minimum Gasteiger partial charge on any atom is -0.380 e. The van der Waals surface area contributed by atoms with Gasteiger partial charge in [-0.1, -0.05) is 0 Å². The third-order valence-corrected chi connectivity index (χ3v) is 2.63. The topological polar surface area (TPSA) is 42.3 Å². The highest BCUT2D eigenvalue weighted by Crippen LogP contribution is 1.98. The van der Waals surface area contributed by atoms with Gasteiger partial charge in [0.15, 0.2) is 0 Å². The van der Waals surface area contributed by atoms with Crippen LogP contribution in [0.25, 0.3) is 0 Å². The molecule has 17 heavy (non-hydrogen) atoms. The molecule has 0 spiro atoms. The fourth-order valence-corrected chi connectivity index (χ4v) is 1.55. The second-order valence-electron chi connectivity index (χ2n) is 4.14. The van der Waals surface area contributed by atoms with Crippen LogP contribution >= 0.6 is 0 Å². The van der Waals surface area contributed by atoms with Crippen LogP contribution in [-0.4, -0.2) is 54.3 Å². The lowest BCUT2D eigenvalue weighted by Crippen LogP contribution is -2.31. The fraction of sp³-hybridized carbons (Fsp3) is 0.750. The Labute approximate surface area is 104 Å². The highest BCUT2D eigenvalue weighted by molar-refractivity contribution is 4.90. The summed E-state index contributed by atoms with van der Waals surface area (Å²) in [6, 6.07) is 0. The van der Waals surface area contributed by atoms with Crippen molar-refractivity contribution in [2.45, 2.75) is 13.5 Å². The first-order chi connectivity index (χ1) is 8.24. The van der Waals surface area contributed by atoms with Crippen LogP contribution in [0, 0.1) is 0 Å². The Balaban J connectivity index is 2.05. The van der Waals surface area contributed by atoms with E-state index >= 15 is 0 Å². The lowest BCUT2D eigenvalue weighted by Gasteiger charge is -2.16. The Morgan fingerprint density at radius 3 is 2.94 bits per heavy atom. The van der Waals surface area contributed by atoms with Gasteiger partial charge in [0.05, 0.1) is 13.2 Å². The van der Waals surface area contributed by atoms with Gasteiger partial charge in [-0.05, 0) is 14.0 Å². The van der Waals surface area contributed by atoms with Crippen LogP contribution in [0.3, 0.4) is 0 Å². The average Bonchev–Trinajstić information content (AvgIpc) is 2.69. The molecule has 0 aliphatic rings. The summed E-state index contributed by atoms with van der Waals surface area (Å²) in [5.41, 5.74) is 0. The van der Waals surface area contributed by atoms with Gasteiger partial charge in [0.2, 0.25) is 0 Å². The lowest BCUT2D eigenvalue weighted by molar-refractivity contribution is 0.148. The summed E-state index contributed by atoms with van der Waals surface area (Å²) in [4.78, 5) is 6.57. The van der Waals surface area contributed by atoms with E-state index in [1.807, 2.05) is 26.4 Å². The van der Waals surface area contributed by atoms with Gasteiger partial charge in [0, 0.05) is 45.7 Å². The van der Waals surface area contributed by atoms with Crippen LogP contribution in [-0.2, 0) is 18.3 Å². The molecule has 0 fully saturated rings. The van der Waals surface area contributed by atoms with E-state index in [1.54, 1.807) is 0 Å². The Bertz CT molecular complexity index is 300. The fourth-order valence-electron chi connectivity index (χ4n) is 1.55. The van der Waals surface area contributed by atoms with Gasteiger partial charge in [-0.25, -0.2) is 4.98 Å². The zero-order valence-corrected chi connectivity index (χ0v) is 11.1. The van der Waals surface area contributed by atoms with Crippen molar-refractivity contribution in [3.05, 3.63) is 18.2 Å². The second kappa shape index (κ2) is 8.22. The number of nitrogens with zero attached hydrogens (tertiary/aromatic N) is 3. The van der Waals surface area contributed by atoms with Gasteiger partial charge in [-0.2, -0.15) is 0 Å². The number of imidazole rings is 1. The van der Waals surface area contributed by atoms with Crippen LogP contribution < -0.4 is 5.32 Å². The summed E-state index contributed by atoms with van der Waals surface area (Å²) in [7, 11) is 4.13. The largest absolute Gasteiger partial charge is 0.380 e. The van der Waals surface area contributed by atoms with Crippen LogP contribution in [0.5, 0.6) is 0 Å². The molecular weight excluding hydrogens is 216 g/mol. The molecule has 0 aromatic carbocycles. The minimum absolute atomic E-state index is 0.791. The maximum absolute atomic E-state index is 5.25. The molecule has 0 amide bonds. The molecule has 0 aliphatic heterocycles. The molecule has 1 rings (SSSR count). The molecule has 0 saturated carbocycles. The predicted octanol–water partition coefficient (Wildman–Crippen LogP) is 0.478. The number of hydrogen-bond acceptors (Lipinski definition) is 4. The van der Waals surface area contributed by atoms with E-state index in [2.05, 4.69) is 26.8 Å². The van der Waals surface area contributed by atoms with Gasteiger partial charge in [-0.3, -0.25) is 4.90 Å². The molecule has 1 aromatic rings. The SMILES string of the molecule is CCOCCNCCN(C)Cc1nccn1C. The van der Waals surface area contributed by atoms with E-state index in [1.165, 1.54) is 0 Å². The summed E-state index contributed by atoms with van der Waals surface area (Å²) in [5.74, 6) is 1.10. The number of aromatic nitrogens is 2. The molecule has 98 valence electrons. The third-order valence-electron chi connectivity index (χ3n) is 2.63. The third kappa shape index (κ3) is 5.81. The van der Waals surface area contributed by atoms with Crippen LogP contribution in [0.2, 0.25) is 0 Å². The van der Waals surface area contributed by atoms with Crippen molar-refractivity contribution in [1.29, 1.82) is 0 Å². The summed E-state index contributed by atoms with van der Waals surface area (Å²) >= 11 is 0. The smallest absolute Gasteiger partial charge is 0.122 e. The van der Waals surface area contributed by atoms with E-state index in [0.29, 0.717) is 0 Å². The average molecular weight is 240 g/mol. The Kier molecular flexibility index (Phi) is 6.84. The van der Waals surface area contributed by atoms with Gasteiger partial charge in [0.25, 0.3) is 0 Å². The molecule has 0 radical (unpaired) electrons. The normalized spacial score (nSPS) is 11.3. The van der Waals surface area contributed by atoms with Crippen molar-refractivity contribution in [2.75, 3.05) is 39.9 Å². The quantitative estimate of drug-likeness (QED) is 0.638. The number of hydrogen-bond donors (Lipinski definition) is 1. The molecule has 0 unspecified atom stereocenters. The van der Waals surface area contributed by atoms with E-state index in [0.717, 1.165) is 45.2 Å². The predicted molar refractivity (Wildman–Crippen MR) is 68.9 cm³/mol. The first-order valence-electron chi connectivity index (χ1n) is 6.17. The summed E-state index contributed by atoms with van der Waals surface area (Å²) in [5, 5.41) is 3.35. The summed E-state index contributed by atoms with van der Waals surface area (Å²) < 4.78 is 7.31. The Morgan fingerprint density at radius 1 is 1.47 bits per heavy atom. The van der Waals surface area contributed by atoms with Crippen molar-refractivity contribution >= 4 is 0 Å². The number of aryl methyl sites for hydroxylation is 1. The van der Waals surface area contributed by atoms with Crippen molar-refractivity contribution in [3.63, 3.8) is 0 Å². The molecule has 1 aromatic heterocycles. The standard InChI is InChI=1S/C12H24N4O/c1-4-17-10-7-13-5-8-15(2)11-12-14-6-9-16(12)3/h6,9,13H,4-5,7-8,10-11H2,1-3H3. The van der Waals surface area contributed by atoms with Crippen LogP contribution in [0.15, 0.2) is 12.4 Å². The van der Waals surface area contributed by atoms with Gasteiger partial charge < -0.3 is 14.6 Å². The maximum atomic E-state index is 5.25. The highest BCUT2D eigenvalue weighted by Gasteiger charge is 2.03. The number of rotatable bonds is 9. The van der Waals surface area contributed by atoms with Crippen molar-refractivity contribution in [3.8, 4) is 0 Å². The van der Waals surface area contributed by atoms with E-state index in [-0.39, 0.29) is 0 Å². The number of likely N-dealkylation sites (N-methyl/N-ethyl adjacent to an activating group) is 1. The summed E-state index contributed by atoms with van der Waals surface area (Å²) in [6.45, 7) is 7.40. The minimum atomic E-state index is 0.791. The molecule has 5 heteroatoms. The maximum Gasteiger partial charge on any atom is 0.122 e. The first-order valence-corrected chi connectivity index (χ1v) is 6.17. The Morgan fingerprint density at radius 2 is 2.29 bits per heavy atom. The number of ether oxygens (including phenoxy) is 1. The van der Waals surface area contributed by atoms with Crippen LogP contribution in [0.4, 0.5) is 0 Å². The molecule has 0 aliphatic carbocycles. The summed E-state index contributed by atoms with van der Waals surface area (Å²) in [6.07, 6.45) is 3.81.